The van der Waals surface area contributed by atoms with Crippen LogP contribution >= 0.6 is 22.9 Å². The van der Waals surface area contributed by atoms with E-state index in [1.165, 1.54) is 12.2 Å². The maximum Gasteiger partial charge on any atom is 0.445 e. The van der Waals surface area contributed by atoms with Crippen LogP contribution in [0.2, 0.25) is 5.02 Å². The summed E-state index contributed by atoms with van der Waals surface area (Å²) in [5.41, 5.74) is 1.15. The van der Waals surface area contributed by atoms with Crippen LogP contribution in [0.1, 0.15) is 10.7 Å². The number of fused-ring (bicyclic) bond motifs is 1. The number of hydrogen-bond donors (Lipinski definition) is 0. The van der Waals surface area contributed by atoms with Crippen molar-refractivity contribution >= 4 is 39.9 Å². The van der Waals surface area contributed by atoms with E-state index in [1.54, 1.807) is 29.2 Å². The van der Waals surface area contributed by atoms with E-state index in [0.717, 1.165) is 4.52 Å². The van der Waals surface area contributed by atoms with Crippen molar-refractivity contribution in [2.75, 3.05) is 26.3 Å². The van der Waals surface area contributed by atoms with Crippen molar-refractivity contribution in [2.24, 2.45) is 0 Å². The molecule has 2 aromatic heterocycles. The third-order valence-electron chi connectivity index (χ3n) is 4.32. The van der Waals surface area contributed by atoms with Crippen molar-refractivity contribution in [3.05, 3.63) is 46.1 Å². The maximum atomic E-state index is 13.1. The first-order valence-electron chi connectivity index (χ1n) is 8.61. The molecule has 0 bridgehead atoms. The summed E-state index contributed by atoms with van der Waals surface area (Å²) in [5, 5.41) is 3.04. The van der Waals surface area contributed by atoms with Gasteiger partial charge in [-0.1, -0.05) is 41.1 Å². The Morgan fingerprint density at radius 1 is 1.24 bits per heavy atom. The second kappa shape index (κ2) is 7.77. The molecule has 1 aliphatic rings. The summed E-state index contributed by atoms with van der Waals surface area (Å²) in [6.45, 7) is 1.80. The van der Waals surface area contributed by atoms with Gasteiger partial charge in [0.05, 0.1) is 23.9 Å². The van der Waals surface area contributed by atoms with Gasteiger partial charge in [0.2, 0.25) is 15.9 Å². The van der Waals surface area contributed by atoms with Gasteiger partial charge < -0.3 is 9.64 Å². The molecule has 0 unspecified atom stereocenters. The summed E-state index contributed by atoms with van der Waals surface area (Å²) in [6.07, 6.45) is -1.85. The van der Waals surface area contributed by atoms with Crippen molar-refractivity contribution in [3.8, 4) is 11.3 Å². The standard InChI is InChI=1S/C18H14ClF3N4O2S/c19-12-4-2-1-3-11(12)15-13(5-6-14(27)25-7-9-28-10-8-25)26-17(23-15)29-16(24-26)18(20,21)22/h1-6H,7-10H2/b6-5+. The van der Waals surface area contributed by atoms with Crippen LogP contribution in [0.3, 0.4) is 0 Å². The van der Waals surface area contributed by atoms with E-state index in [9.17, 15) is 18.0 Å². The molecule has 1 amide bonds. The molecule has 3 heterocycles. The highest BCUT2D eigenvalue weighted by molar-refractivity contribution is 7.16. The number of carbonyl (C=O) groups excluding carboxylic acids is 1. The van der Waals surface area contributed by atoms with E-state index >= 15 is 0 Å². The minimum absolute atomic E-state index is 0.0608. The quantitative estimate of drug-likeness (QED) is 0.575. The van der Waals surface area contributed by atoms with Crippen LogP contribution in [0.15, 0.2) is 30.3 Å². The number of halogens is 4. The van der Waals surface area contributed by atoms with Crippen LogP contribution in [0.4, 0.5) is 13.2 Å². The van der Waals surface area contributed by atoms with E-state index in [0.29, 0.717) is 53.9 Å². The first-order chi connectivity index (χ1) is 13.8. The molecular weight excluding hydrogens is 429 g/mol. The van der Waals surface area contributed by atoms with Crippen molar-refractivity contribution < 1.29 is 22.7 Å². The lowest BCUT2D eigenvalue weighted by Gasteiger charge is -2.25. The molecule has 1 fully saturated rings. The van der Waals surface area contributed by atoms with E-state index in [2.05, 4.69) is 10.1 Å². The Morgan fingerprint density at radius 2 is 1.97 bits per heavy atom. The first-order valence-corrected chi connectivity index (χ1v) is 9.80. The lowest BCUT2D eigenvalue weighted by molar-refractivity contribution is -0.138. The van der Waals surface area contributed by atoms with Crippen LogP contribution < -0.4 is 0 Å². The molecule has 0 radical (unpaired) electrons. The molecule has 29 heavy (non-hydrogen) atoms. The molecule has 0 spiro atoms. The summed E-state index contributed by atoms with van der Waals surface area (Å²) in [6, 6.07) is 6.85. The fourth-order valence-corrected chi connectivity index (χ4v) is 3.92. The molecule has 4 rings (SSSR count). The predicted molar refractivity (Wildman–Crippen MR) is 103 cm³/mol. The Bertz CT molecular complexity index is 1090. The third-order valence-corrected chi connectivity index (χ3v) is 5.60. The zero-order chi connectivity index (χ0) is 20.6. The maximum absolute atomic E-state index is 13.1. The average Bonchev–Trinajstić information content (AvgIpc) is 3.25. The van der Waals surface area contributed by atoms with E-state index in [4.69, 9.17) is 16.3 Å². The molecule has 11 heteroatoms. The second-order valence-electron chi connectivity index (χ2n) is 6.20. The number of alkyl halides is 3. The van der Waals surface area contributed by atoms with Crippen LogP contribution in [-0.2, 0) is 15.7 Å². The van der Waals surface area contributed by atoms with E-state index in [-0.39, 0.29) is 16.6 Å². The van der Waals surface area contributed by atoms with E-state index < -0.39 is 11.2 Å². The SMILES string of the molecule is O=C(/C=C/c1c(-c2ccccc2Cl)nc2sc(C(F)(F)F)nn12)N1CCOCC1. The normalized spacial score (nSPS) is 15.5. The van der Waals surface area contributed by atoms with Gasteiger partial charge >= 0.3 is 6.18 Å². The number of aromatic nitrogens is 3. The number of imidazole rings is 1. The lowest BCUT2D eigenvalue weighted by atomic mass is 10.1. The number of rotatable bonds is 3. The van der Waals surface area contributed by atoms with Crippen LogP contribution in [0, 0.1) is 0 Å². The summed E-state index contributed by atoms with van der Waals surface area (Å²) in [7, 11) is 0. The summed E-state index contributed by atoms with van der Waals surface area (Å²) in [4.78, 5) is 18.4. The van der Waals surface area contributed by atoms with Gasteiger partial charge in [0.25, 0.3) is 0 Å². The Balaban J connectivity index is 1.79. The fourth-order valence-electron chi connectivity index (χ4n) is 2.92. The highest BCUT2D eigenvalue weighted by Crippen LogP contribution is 2.36. The largest absolute Gasteiger partial charge is 0.445 e. The number of ether oxygens (including phenoxy) is 1. The smallest absolute Gasteiger partial charge is 0.378 e. The van der Waals surface area contributed by atoms with Gasteiger partial charge in [-0.05, 0) is 12.1 Å². The zero-order valence-electron chi connectivity index (χ0n) is 14.8. The predicted octanol–water partition coefficient (Wildman–Crippen LogP) is 4.00. The molecule has 1 aliphatic heterocycles. The average molecular weight is 443 g/mol. The molecule has 0 saturated carbocycles. The van der Waals surface area contributed by atoms with Crippen LogP contribution in [0.5, 0.6) is 0 Å². The second-order valence-corrected chi connectivity index (χ2v) is 7.56. The zero-order valence-corrected chi connectivity index (χ0v) is 16.4. The number of morpholine rings is 1. The van der Waals surface area contributed by atoms with Gasteiger partial charge in [-0.3, -0.25) is 4.79 Å². The number of carbonyl (C=O) groups is 1. The molecule has 6 nitrogen and oxygen atoms in total. The number of benzene rings is 1. The lowest BCUT2D eigenvalue weighted by Crippen LogP contribution is -2.39. The van der Waals surface area contributed by atoms with Gasteiger partial charge in [0, 0.05) is 24.7 Å². The molecule has 152 valence electrons. The van der Waals surface area contributed by atoms with Crippen LogP contribution in [0.25, 0.3) is 22.3 Å². The minimum Gasteiger partial charge on any atom is -0.378 e. The Kier molecular flexibility index (Phi) is 5.32. The van der Waals surface area contributed by atoms with Crippen LogP contribution in [-0.4, -0.2) is 51.7 Å². The Morgan fingerprint density at radius 3 is 2.66 bits per heavy atom. The van der Waals surface area contributed by atoms with Gasteiger partial charge in [0.1, 0.15) is 5.69 Å². The Labute approximate surface area is 172 Å². The number of amides is 1. The van der Waals surface area contributed by atoms with Crippen molar-refractivity contribution in [2.45, 2.75) is 6.18 Å². The molecule has 3 aromatic rings. The fraction of sp³-hybridized carbons (Fsp3) is 0.278. The van der Waals surface area contributed by atoms with Gasteiger partial charge in [0.15, 0.2) is 0 Å². The Hall–Kier alpha value is -2.43. The van der Waals surface area contributed by atoms with Crippen molar-refractivity contribution in [1.82, 2.24) is 19.5 Å². The molecule has 1 aromatic carbocycles. The third kappa shape index (κ3) is 4.00. The summed E-state index contributed by atoms with van der Waals surface area (Å²) < 4.78 is 45.5. The van der Waals surface area contributed by atoms with Crippen molar-refractivity contribution in [3.63, 3.8) is 0 Å². The van der Waals surface area contributed by atoms with Gasteiger partial charge in [-0.15, -0.1) is 5.10 Å². The molecule has 0 N–H and O–H groups in total. The topological polar surface area (TPSA) is 59.7 Å². The van der Waals surface area contributed by atoms with Crippen molar-refractivity contribution in [1.29, 1.82) is 0 Å². The first kappa shape index (κ1) is 19.9. The highest BCUT2D eigenvalue weighted by atomic mass is 35.5. The summed E-state index contributed by atoms with van der Waals surface area (Å²) in [5.74, 6) is -0.264. The van der Waals surface area contributed by atoms with Gasteiger partial charge in [-0.25, -0.2) is 9.50 Å². The monoisotopic (exact) mass is 442 g/mol. The van der Waals surface area contributed by atoms with E-state index in [1.807, 2.05) is 0 Å². The molecule has 0 atom stereocenters. The highest BCUT2D eigenvalue weighted by Gasteiger charge is 2.36. The number of hydrogen-bond acceptors (Lipinski definition) is 5. The summed E-state index contributed by atoms with van der Waals surface area (Å²) >= 11 is 6.68. The molecular formula is C18H14ClF3N4O2S. The number of nitrogens with zero attached hydrogens (tertiary/aromatic N) is 4. The van der Waals surface area contributed by atoms with Gasteiger partial charge in [-0.2, -0.15) is 13.2 Å². The minimum atomic E-state index is -4.58. The molecule has 1 saturated heterocycles. The molecule has 0 aliphatic carbocycles.